The highest BCUT2D eigenvalue weighted by Gasteiger charge is 2.37. The molecule has 1 aromatic rings. The maximum absolute atomic E-state index is 12.9. The number of hydrogen-bond donors (Lipinski definition) is 1. The van der Waals surface area contributed by atoms with Crippen LogP contribution in [0, 0.1) is 5.92 Å². The molecule has 0 saturated carbocycles. The van der Waals surface area contributed by atoms with Crippen LogP contribution in [0.15, 0.2) is 29.5 Å². The summed E-state index contributed by atoms with van der Waals surface area (Å²) in [5, 5.41) is 4.08. The van der Waals surface area contributed by atoms with Crippen LogP contribution < -0.4 is 5.43 Å². The number of fused-ring (bicyclic) bond motifs is 4. The summed E-state index contributed by atoms with van der Waals surface area (Å²) in [5.41, 5.74) is 4.53. The van der Waals surface area contributed by atoms with E-state index in [2.05, 4.69) is 31.4 Å². The summed E-state index contributed by atoms with van der Waals surface area (Å²) in [6.07, 6.45) is 6.40. The zero-order valence-electron chi connectivity index (χ0n) is 15.6. The minimum absolute atomic E-state index is 0.0390. The molecule has 3 saturated heterocycles. The predicted octanol–water partition coefficient (Wildman–Crippen LogP) is 1.55. The second-order valence-corrected chi connectivity index (χ2v) is 7.87. The van der Waals surface area contributed by atoms with Gasteiger partial charge in [-0.25, -0.2) is 5.43 Å². The van der Waals surface area contributed by atoms with E-state index in [1.165, 1.54) is 6.42 Å². The van der Waals surface area contributed by atoms with Gasteiger partial charge in [-0.2, -0.15) is 5.10 Å². The Hall–Kier alpha value is -2.28. The predicted molar refractivity (Wildman–Crippen MR) is 102 cm³/mol. The van der Waals surface area contributed by atoms with E-state index in [-0.39, 0.29) is 11.8 Å². The zero-order valence-corrected chi connectivity index (χ0v) is 15.6. The van der Waals surface area contributed by atoms with Gasteiger partial charge in [0.05, 0.1) is 5.69 Å². The second kappa shape index (κ2) is 8.17. The first-order chi connectivity index (χ1) is 13.2. The summed E-state index contributed by atoms with van der Waals surface area (Å²) in [7, 11) is 0. The first kappa shape index (κ1) is 18.1. The molecule has 0 radical (unpaired) electrons. The van der Waals surface area contributed by atoms with Crippen LogP contribution in [0.3, 0.4) is 0 Å². The average Bonchev–Trinajstić information content (AvgIpc) is 2.99. The van der Waals surface area contributed by atoms with E-state index in [1.54, 1.807) is 0 Å². The van der Waals surface area contributed by atoms with Gasteiger partial charge >= 0.3 is 0 Å². The van der Waals surface area contributed by atoms with Crippen molar-refractivity contribution in [3.8, 4) is 0 Å². The van der Waals surface area contributed by atoms with Crippen LogP contribution in [0.25, 0.3) is 0 Å². The van der Waals surface area contributed by atoms with Crippen LogP contribution >= 0.6 is 0 Å². The minimum atomic E-state index is -0.0390. The van der Waals surface area contributed by atoms with Gasteiger partial charge in [0, 0.05) is 57.0 Å². The van der Waals surface area contributed by atoms with Gasteiger partial charge in [0.2, 0.25) is 11.8 Å². The second-order valence-electron chi connectivity index (χ2n) is 7.87. The monoisotopic (exact) mass is 369 g/mol. The third-order valence-corrected chi connectivity index (χ3v) is 5.83. The quantitative estimate of drug-likeness (QED) is 0.854. The lowest BCUT2D eigenvalue weighted by molar-refractivity contribution is -0.135. The Kier molecular flexibility index (Phi) is 5.48. The molecule has 5 rings (SSSR count). The van der Waals surface area contributed by atoms with E-state index in [0.29, 0.717) is 37.6 Å². The van der Waals surface area contributed by atoms with Crippen molar-refractivity contribution in [2.75, 3.05) is 19.6 Å². The van der Waals surface area contributed by atoms with Crippen molar-refractivity contribution >= 4 is 17.5 Å². The lowest BCUT2D eigenvalue weighted by atomic mass is 9.94. The number of hydrogen-bond acceptors (Lipinski definition) is 5. The summed E-state index contributed by atoms with van der Waals surface area (Å²) in [6.45, 7) is 3.68. The smallest absolute Gasteiger partial charge is 0.240 e. The number of pyridine rings is 1. The topological polar surface area (TPSA) is 77.9 Å². The molecule has 1 aromatic heterocycles. The molecule has 2 bridgehead atoms. The van der Waals surface area contributed by atoms with E-state index < -0.39 is 0 Å². The zero-order chi connectivity index (χ0) is 18.6. The number of nitrogens with zero attached hydrogens (tertiary/aromatic N) is 4. The minimum Gasteiger partial charge on any atom is -0.338 e. The molecule has 144 valence electrons. The standard InChI is InChI=1S/C20H27N5O2/c26-19-8-5-16(22-23-19)6-9-20(27)25-12-15-4-7-18(25)14-24(11-15)13-17-3-1-2-10-21-17/h1-3,10,15,18H,4-9,11-14H2,(H,23,26)/t15-,18+/m0/s1. The van der Waals surface area contributed by atoms with Gasteiger partial charge in [0.25, 0.3) is 0 Å². The third kappa shape index (κ3) is 4.53. The largest absolute Gasteiger partial charge is 0.338 e. The van der Waals surface area contributed by atoms with Crippen LogP contribution in [0.1, 0.15) is 44.2 Å². The number of carbonyl (C=O) groups excluding carboxylic acids is 2. The maximum atomic E-state index is 12.9. The Morgan fingerprint density at radius 3 is 2.89 bits per heavy atom. The van der Waals surface area contributed by atoms with Gasteiger partial charge in [0.1, 0.15) is 0 Å². The number of aromatic nitrogens is 1. The van der Waals surface area contributed by atoms with Gasteiger partial charge in [-0.05, 0) is 43.7 Å². The fraction of sp³-hybridized carbons (Fsp3) is 0.600. The Balaban J connectivity index is 1.34. The Labute approximate surface area is 159 Å². The van der Waals surface area contributed by atoms with Crippen molar-refractivity contribution in [3.63, 3.8) is 0 Å². The van der Waals surface area contributed by atoms with E-state index in [9.17, 15) is 9.59 Å². The van der Waals surface area contributed by atoms with Crippen LogP contribution in [0.2, 0.25) is 0 Å². The highest BCUT2D eigenvalue weighted by atomic mass is 16.2. The lowest BCUT2D eigenvalue weighted by Crippen LogP contribution is -2.47. The first-order valence-corrected chi connectivity index (χ1v) is 9.93. The fourth-order valence-corrected chi connectivity index (χ4v) is 4.42. The van der Waals surface area contributed by atoms with E-state index in [0.717, 1.165) is 44.0 Å². The molecule has 2 amide bonds. The van der Waals surface area contributed by atoms with Crippen molar-refractivity contribution in [1.82, 2.24) is 20.2 Å². The summed E-state index contributed by atoms with van der Waals surface area (Å²) in [6, 6.07) is 6.34. The molecule has 0 unspecified atom stereocenters. The van der Waals surface area contributed by atoms with Crippen molar-refractivity contribution in [3.05, 3.63) is 30.1 Å². The molecule has 4 aliphatic rings. The Morgan fingerprint density at radius 2 is 2.11 bits per heavy atom. The summed E-state index contributed by atoms with van der Waals surface area (Å²) < 4.78 is 0. The summed E-state index contributed by atoms with van der Waals surface area (Å²) in [5.74, 6) is 0.731. The molecule has 5 heterocycles. The van der Waals surface area contributed by atoms with E-state index in [4.69, 9.17) is 0 Å². The van der Waals surface area contributed by atoms with E-state index in [1.807, 2.05) is 18.3 Å². The molecule has 7 nitrogen and oxygen atoms in total. The van der Waals surface area contributed by atoms with E-state index >= 15 is 0 Å². The van der Waals surface area contributed by atoms with Gasteiger partial charge in [0.15, 0.2) is 0 Å². The van der Waals surface area contributed by atoms with Crippen molar-refractivity contribution in [2.45, 2.75) is 51.1 Å². The summed E-state index contributed by atoms with van der Waals surface area (Å²) >= 11 is 0. The number of hydrazone groups is 1. The molecular weight excluding hydrogens is 342 g/mol. The van der Waals surface area contributed by atoms with Gasteiger partial charge in [-0.15, -0.1) is 0 Å². The van der Waals surface area contributed by atoms with Crippen molar-refractivity contribution < 1.29 is 9.59 Å². The van der Waals surface area contributed by atoms with Crippen molar-refractivity contribution in [1.29, 1.82) is 0 Å². The molecule has 1 N–H and O–H groups in total. The molecular formula is C20H27N5O2. The van der Waals surface area contributed by atoms with Gasteiger partial charge in [-0.3, -0.25) is 19.5 Å². The van der Waals surface area contributed by atoms with Gasteiger partial charge in [-0.1, -0.05) is 6.07 Å². The number of rotatable bonds is 5. The summed E-state index contributed by atoms with van der Waals surface area (Å²) in [4.78, 5) is 33.1. The molecule has 7 heteroatoms. The van der Waals surface area contributed by atoms with Crippen molar-refractivity contribution in [2.24, 2.45) is 11.0 Å². The number of piperidine rings is 1. The number of carbonyl (C=O) groups is 2. The van der Waals surface area contributed by atoms with Gasteiger partial charge < -0.3 is 4.90 Å². The SMILES string of the molecule is O=C1CCC(CCC(=O)N2C[C@H]3CC[C@@H]2CN(Cc2ccccn2)C3)=NN1. The Morgan fingerprint density at radius 1 is 1.19 bits per heavy atom. The van der Waals surface area contributed by atoms with Crippen LogP contribution in [0.4, 0.5) is 0 Å². The third-order valence-electron chi connectivity index (χ3n) is 5.83. The van der Waals surface area contributed by atoms with Crippen LogP contribution in [0.5, 0.6) is 0 Å². The molecule has 27 heavy (non-hydrogen) atoms. The molecule has 0 spiro atoms. The Bertz CT molecular complexity index is 720. The highest BCUT2D eigenvalue weighted by molar-refractivity contribution is 5.94. The first-order valence-electron chi connectivity index (χ1n) is 9.93. The fourth-order valence-electron chi connectivity index (χ4n) is 4.42. The molecule has 0 aliphatic carbocycles. The maximum Gasteiger partial charge on any atom is 0.240 e. The molecule has 3 fully saturated rings. The van der Waals surface area contributed by atoms with Crippen LogP contribution in [-0.2, 0) is 16.1 Å². The molecule has 2 atom stereocenters. The number of nitrogens with one attached hydrogen (secondary N) is 1. The normalized spacial score (nSPS) is 25.7. The molecule has 4 aliphatic heterocycles. The highest BCUT2D eigenvalue weighted by Crippen LogP contribution is 2.29. The van der Waals surface area contributed by atoms with Crippen LogP contribution in [-0.4, -0.2) is 58.0 Å². The average molecular weight is 369 g/mol. The lowest BCUT2D eigenvalue weighted by Gasteiger charge is -2.36. The number of amides is 2. The molecule has 0 aromatic carbocycles.